The third-order valence-electron chi connectivity index (χ3n) is 2.96. The summed E-state index contributed by atoms with van der Waals surface area (Å²) in [5, 5.41) is 17.6. The van der Waals surface area contributed by atoms with Crippen LogP contribution >= 0.6 is 23.2 Å². The molecule has 2 rings (SSSR count). The maximum Gasteiger partial charge on any atom is 0.413 e. The van der Waals surface area contributed by atoms with E-state index >= 15 is 0 Å². The minimum atomic E-state index is -0.709. The first-order valence-electron chi connectivity index (χ1n) is 8.16. The Kier molecular flexibility index (Phi) is 11.0. The van der Waals surface area contributed by atoms with Gasteiger partial charge in [0.2, 0.25) is 11.9 Å². The highest BCUT2D eigenvalue weighted by atomic mass is 35.5. The predicted molar refractivity (Wildman–Crippen MR) is 121 cm³/mol. The van der Waals surface area contributed by atoms with Gasteiger partial charge in [-0.3, -0.25) is 5.32 Å². The van der Waals surface area contributed by atoms with Crippen LogP contribution in [0, 0.1) is 0 Å². The Morgan fingerprint density at radius 2 is 1.37 bits per heavy atom. The number of amides is 1. The number of methoxy groups -OCH3 is 1. The Labute approximate surface area is 183 Å². The van der Waals surface area contributed by atoms with Gasteiger partial charge in [0.15, 0.2) is 0 Å². The normalized spacial score (nSPS) is 11.0. The molecule has 1 amide bonds. The molecule has 0 aliphatic rings. The maximum atomic E-state index is 10.7. The van der Waals surface area contributed by atoms with Gasteiger partial charge >= 0.3 is 6.09 Å². The van der Waals surface area contributed by atoms with Crippen molar-refractivity contribution in [2.24, 2.45) is 37.6 Å². The number of nitrogens with one attached hydrogen (secondary N) is 1. The lowest BCUT2D eigenvalue weighted by atomic mass is 10.2. The average molecular weight is 451 g/mol. The Balaban J connectivity index is 0.000000311. The van der Waals surface area contributed by atoms with Crippen molar-refractivity contribution in [3.05, 3.63) is 69.7 Å². The molecule has 0 aliphatic heterocycles. The summed E-state index contributed by atoms with van der Waals surface area (Å²) < 4.78 is 4.32. The van der Waals surface area contributed by atoms with Gasteiger partial charge in [-0.25, -0.2) is 4.79 Å². The first kappa shape index (κ1) is 24.4. The van der Waals surface area contributed by atoms with Gasteiger partial charge in [-0.15, -0.1) is 10.2 Å². The molecule has 0 radical (unpaired) electrons. The molecular weight excluding hydrogens is 431 g/mol. The third-order valence-corrected chi connectivity index (χ3v) is 3.65. The lowest BCUT2D eigenvalue weighted by Crippen LogP contribution is -2.36. The van der Waals surface area contributed by atoms with Gasteiger partial charge in [0.25, 0.3) is 0 Å². The van der Waals surface area contributed by atoms with Crippen LogP contribution in [0.1, 0.15) is 11.1 Å². The van der Waals surface area contributed by atoms with Crippen LogP contribution in [0.3, 0.4) is 0 Å². The summed E-state index contributed by atoms with van der Waals surface area (Å²) >= 11 is 11.7. The summed E-state index contributed by atoms with van der Waals surface area (Å²) in [5.74, 6) is -0.247. The molecule has 0 heterocycles. The number of alkyl carbamates (subject to hydrolysis) is 1. The number of hydrogen-bond acceptors (Lipinski definition) is 6. The van der Waals surface area contributed by atoms with Crippen LogP contribution in [0.4, 0.5) is 4.79 Å². The second-order valence-corrected chi connectivity index (χ2v) is 5.97. The molecule has 0 fully saturated rings. The van der Waals surface area contributed by atoms with E-state index in [0.29, 0.717) is 15.6 Å². The van der Waals surface area contributed by atoms with Crippen LogP contribution in [0.5, 0.6) is 0 Å². The van der Waals surface area contributed by atoms with Crippen molar-refractivity contribution in [2.45, 2.75) is 0 Å². The number of nitrogens with two attached hydrogens (primary N) is 3. The molecule has 7 N–H and O–H groups in total. The molecule has 30 heavy (non-hydrogen) atoms. The van der Waals surface area contributed by atoms with Crippen molar-refractivity contribution < 1.29 is 9.53 Å². The molecule has 12 heteroatoms. The number of carbonyl (C=O) groups excluding carboxylic acids is 1. The number of carbonyl (C=O) groups is 1. The fourth-order valence-corrected chi connectivity index (χ4v) is 2.02. The van der Waals surface area contributed by atoms with Crippen molar-refractivity contribution in [1.29, 1.82) is 0 Å². The molecule has 0 saturated heterocycles. The number of hydrogen-bond donors (Lipinski definition) is 4. The van der Waals surface area contributed by atoms with Crippen LogP contribution < -0.4 is 22.5 Å². The summed E-state index contributed by atoms with van der Waals surface area (Å²) in [6.07, 6.45) is 2.20. The summed E-state index contributed by atoms with van der Waals surface area (Å²) in [7, 11) is 1.22. The summed E-state index contributed by atoms with van der Waals surface area (Å²) in [5.41, 5.74) is 17.0. The minimum Gasteiger partial charge on any atom is -0.453 e. The SMILES string of the molecule is COC(=O)NC(N)=N/N=C/c1ccccc1Cl.NC(N)=N/N=C/c1ccccc1Cl. The van der Waals surface area contributed by atoms with Crippen molar-refractivity contribution in [2.75, 3.05) is 7.11 Å². The molecule has 0 aromatic heterocycles. The average Bonchev–Trinajstić information content (AvgIpc) is 2.71. The highest BCUT2D eigenvalue weighted by Gasteiger charge is 1.99. The van der Waals surface area contributed by atoms with Gasteiger partial charge in [-0.2, -0.15) is 10.2 Å². The second kappa shape index (κ2) is 13.5. The number of ether oxygens (including phenoxy) is 1. The molecule has 2 aromatic carbocycles. The van der Waals surface area contributed by atoms with Gasteiger partial charge in [0.1, 0.15) is 0 Å². The van der Waals surface area contributed by atoms with E-state index in [1.54, 1.807) is 24.3 Å². The zero-order valence-electron chi connectivity index (χ0n) is 15.9. The van der Waals surface area contributed by atoms with Gasteiger partial charge in [0.05, 0.1) is 19.5 Å². The number of halogens is 2. The van der Waals surface area contributed by atoms with E-state index in [-0.39, 0.29) is 11.9 Å². The quantitative estimate of drug-likeness (QED) is 0.318. The molecule has 0 saturated carbocycles. The first-order chi connectivity index (χ1) is 14.3. The predicted octanol–water partition coefficient (Wildman–Crippen LogP) is 2.29. The summed E-state index contributed by atoms with van der Waals surface area (Å²) in [4.78, 5) is 10.7. The topological polar surface area (TPSA) is 166 Å². The van der Waals surface area contributed by atoms with Crippen molar-refractivity contribution in [1.82, 2.24) is 5.32 Å². The molecular formula is C18H20Cl2N8O2. The third kappa shape index (κ3) is 10.1. The molecule has 0 aliphatic carbocycles. The van der Waals surface area contributed by atoms with Crippen molar-refractivity contribution in [3.8, 4) is 0 Å². The summed E-state index contributed by atoms with van der Waals surface area (Å²) in [6.45, 7) is 0. The van der Waals surface area contributed by atoms with Crippen molar-refractivity contribution in [3.63, 3.8) is 0 Å². The largest absolute Gasteiger partial charge is 0.453 e. The van der Waals surface area contributed by atoms with Crippen LogP contribution in [-0.2, 0) is 4.74 Å². The van der Waals surface area contributed by atoms with E-state index in [4.69, 9.17) is 40.4 Å². The number of rotatable bonds is 4. The molecule has 0 spiro atoms. The Bertz CT molecular complexity index is 957. The molecule has 0 atom stereocenters. The molecule has 10 nitrogen and oxygen atoms in total. The van der Waals surface area contributed by atoms with E-state index in [2.05, 4.69) is 30.5 Å². The number of benzene rings is 2. The highest BCUT2D eigenvalue weighted by Crippen LogP contribution is 2.12. The maximum absolute atomic E-state index is 10.7. The second-order valence-electron chi connectivity index (χ2n) is 5.16. The zero-order chi connectivity index (χ0) is 22.4. The lowest BCUT2D eigenvalue weighted by Gasteiger charge is -1.99. The smallest absolute Gasteiger partial charge is 0.413 e. The minimum absolute atomic E-state index is 0.0803. The van der Waals surface area contributed by atoms with Crippen LogP contribution in [0.25, 0.3) is 0 Å². The lowest BCUT2D eigenvalue weighted by molar-refractivity contribution is 0.176. The molecule has 158 valence electrons. The van der Waals surface area contributed by atoms with E-state index in [0.717, 1.165) is 5.56 Å². The van der Waals surface area contributed by atoms with E-state index in [1.165, 1.54) is 19.5 Å². The van der Waals surface area contributed by atoms with Gasteiger partial charge < -0.3 is 21.9 Å². The zero-order valence-corrected chi connectivity index (χ0v) is 17.4. The van der Waals surface area contributed by atoms with E-state index in [9.17, 15) is 4.79 Å². The fraction of sp³-hybridized carbons (Fsp3) is 0.0556. The molecule has 0 bridgehead atoms. The van der Waals surface area contributed by atoms with Crippen molar-refractivity contribution >= 4 is 53.6 Å². The van der Waals surface area contributed by atoms with Crippen LogP contribution in [0.15, 0.2) is 68.9 Å². The molecule has 0 unspecified atom stereocenters. The fourth-order valence-electron chi connectivity index (χ4n) is 1.65. The molecule has 2 aromatic rings. The van der Waals surface area contributed by atoms with E-state index in [1.807, 2.05) is 24.3 Å². The number of guanidine groups is 2. The van der Waals surface area contributed by atoms with E-state index < -0.39 is 6.09 Å². The van der Waals surface area contributed by atoms with Gasteiger partial charge in [-0.1, -0.05) is 59.6 Å². The van der Waals surface area contributed by atoms with Crippen LogP contribution in [-0.4, -0.2) is 37.6 Å². The standard InChI is InChI=1S/C10H11ClN4O2.C8H9ClN4/c1-17-10(16)14-9(12)15-13-6-7-4-2-3-5-8(7)11;9-7-4-2-1-3-6(7)5-12-13-8(10)11/h2-6H,1H3,(H3,12,14,15,16);1-5H,(H4,10,11,13)/b13-6+;12-5+. The Hall–Kier alpha value is -3.63. The monoisotopic (exact) mass is 450 g/mol. The van der Waals surface area contributed by atoms with Crippen LogP contribution in [0.2, 0.25) is 10.0 Å². The van der Waals surface area contributed by atoms with Gasteiger partial charge in [-0.05, 0) is 12.1 Å². The summed E-state index contributed by atoms with van der Waals surface area (Å²) in [6, 6.07) is 14.4. The Morgan fingerprint density at radius 1 is 0.900 bits per heavy atom. The number of nitrogens with zero attached hydrogens (tertiary/aromatic N) is 4. The first-order valence-corrected chi connectivity index (χ1v) is 8.91. The Morgan fingerprint density at radius 3 is 1.80 bits per heavy atom. The van der Waals surface area contributed by atoms with Gasteiger partial charge in [0, 0.05) is 21.2 Å². The highest BCUT2D eigenvalue weighted by molar-refractivity contribution is 6.33.